The molecular weight excluding hydrogens is 376 g/mol. The predicted octanol–water partition coefficient (Wildman–Crippen LogP) is 4.69. The number of amides is 1. The van der Waals surface area contributed by atoms with E-state index in [1.807, 2.05) is 54.6 Å². The maximum atomic E-state index is 12.3. The molecule has 0 aliphatic heterocycles. The Morgan fingerprint density at radius 1 is 1.15 bits per heavy atom. The highest BCUT2D eigenvalue weighted by molar-refractivity contribution is 7.99. The van der Waals surface area contributed by atoms with Crippen LogP contribution in [0.1, 0.15) is 5.56 Å². The van der Waals surface area contributed by atoms with Crippen LogP contribution in [0.15, 0.2) is 71.2 Å². The molecule has 2 aromatic carbocycles. The Morgan fingerprint density at radius 3 is 2.74 bits per heavy atom. The van der Waals surface area contributed by atoms with E-state index in [2.05, 4.69) is 20.9 Å². The molecule has 7 heteroatoms. The van der Waals surface area contributed by atoms with Crippen molar-refractivity contribution in [2.24, 2.45) is 0 Å². The number of thioether (sulfide) groups is 1. The largest absolute Gasteiger partial charge is 0.316 e. The third-order valence-electron chi connectivity index (χ3n) is 3.92. The van der Waals surface area contributed by atoms with Crippen molar-refractivity contribution in [3.05, 3.63) is 71.6 Å². The predicted molar refractivity (Wildman–Crippen MR) is 109 cm³/mol. The molecule has 1 amide bonds. The fraction of sp³-hybridized carbons (Fsp3) is 0.0500. The van der Waals surface area contributed by atoms with Crippen molar-refractivity contribution in [3.63, 3.8) is 0 Å². The molecule has 1 N–H and O–H groups in total. The van der Waals surface area contributed by atoms with Crippen LogP contribution in [-0.4, -0.2) is 21.2 Å². The van der Waals surface area contributed by atoms with Gasteiger partial charge in [-0.05, 0) is 35.7 Å². The minimum absolute atomic E-state index is 0.161. The first-order valence-corrected chi connectivity index (χ1v) is 10.1. The van der Waals surface area contributed by atoms with Crippen molar-refractivity contribution >= 4 is 45.0 Å². The number of nitrogens with zero attached hydrogens (tertiary/aromatic N) is 3. The topological polar surface area (TPSA) is 70.7 Å². The average Bonchev–Trinajstić information content (AvgIpc) is 3.30. The summed E-state index contributed by atoms with van der Waals surface area (Å²) in [7, 11) is 0. The third-order valence-corrected chi connectivity index (χ3v) is 5.68. The molecule has 0 bridgehead atoms. The molecule has 0 saturated heterocycles. The van der Waals surface area contributed by atoms with Crippen LogP contribution < -0.4 is 5.32 Å². The van der Waals surface area contributed by atoms with Crippen LogP contribution in [0.25, 0.3) is 16.7 Å². The van der Waals surface area contributed by atoms with E-state index in [1.165, 1.54) is 23.1 Å². The Hall–Kier alpha value is -3.08. The number of hydrogen-bond acceptors (Lipinski definition) is 5. The van der Waals surface area contributed by atoms with E-state index in [0.29, 0.717) is 10.6 Å². The van der Waals surface area contributed by atoms with Gasteiger partial charge >= 0.3 is 0 Å². The first-order valence-electron chi connectivity index (χ1n) is 8.19. The molecular formula is C20H14N4OS2. The Bertz CT molecular complexity index is 1140. The molecule has 0 radical (unpaired) electrons. The number of carbonyl (C=O) groups is 1. The first-order chi connectivity index (χ1) is 13.3. The van der Waals surface area contributed by atoms with Gasteiger partial charge in [0.25, 0.3) is 0 Å². The van der Waals surface area contributed by atoms with E-state index in [1.54, 1.807) is 11.4 Å². The number of para-hydroxylation sites is 3. The molecule has 5 nitrogen and oxygen atoms in total. The summed E-state index contributed by atoms with van der Waals surface area (Å²) in [5.74, 6) is 0.0458. The highest BCUT2D eigenvalue weighted by Crippen LogP contribution is 2.28. The van der Waals surface area contributed by atoms with Crippen molar-refractivity contribution in [3.8, 4) is 11.8 Å². The number of anilines is 1. The molecule has 27 heavy (non-hydrogen) atoms. The van der Waals surface area contributed by atoms with Gasteiger partial charge in [-0.25, -0.2) is 4.98 Å². The molecule has 4 rings (SSSR count). The highest BCUT2D eigenvalue weighted by Gasteiger charge is 2.15. The summed E-state index contributed by atoms with van der Waals surface area (Å²) in [6.07, 6.45) is 0. The lowest BCUT2D eigenvalue weighted by atomic mass is 10.3. The van der Waals surface area contributed by atoms with Crippen molar-refractivity contribution in [2.45, 2.75) is 5.16 Å². The van der Waals surface area contributed by atoms with Gasteiger partial charge in [0.2, 0.25) is 5.91 Å². The number of rotatable bonds is 5. The molecule has 2 heterocycles. The number of benzene rings is 2. The number of hydrogen-bond donors (Lipinski definition) is 1. The zero-order chi connectivity index (χ0) is 18.6. The Balaban J connectivity index is 1.59. The summed E-state index contributed by atoms with van der Waals surface area (Å²) >= 11 is 2.72. The van der Waals surface area contributed by atoms with E-state index in [4.69, 9.17) is 5.26 Å². The number of fused-ring (bicyclic) bond motifs is 1. The minimum Gasteiger partial charge on any atom is -0.316 e. The van der Waals surface area contributed by atoms with Gasteiger partial charge < -0.3 is 5.32 Å². The molecule has 132 valence electrons. The van der Waals surface area contributed by atoms with Gasteiger partial charge in [-0.1, -0.05) is 42.1 Å². The number of nitrogens with one attached hydrogen (secondary N) is 1. The van der Waals surface area contributed by atoms with E-state index in [-0.39, 0.29) is 11.7 Å². The van der Waals surface area contributed by atoms with E-state index < -0.39 is 0 Å². The molecule has 4 aromatic rings. The lowest BCUT2D eigenvalue weighted by Gasteiger charge is -2.09. The SMILES string of the molecule is N#Cc1ccsc1NC(=O)CSc1nc2ccccc2n1-c1ccccc1. The van der Waals surface area contributed by atoms with Crippen LogP contribution in [0.4, 0.5) is 5.00 Å². The van der Waals surface area contributed by atoms with Gasteiger partial charge in [-0.2, -0.15) is 5.26 Å². The zero-order valence-electron chi connectivity index (χ0n) is 14.1. The van der Waals surface area contributed by atoms with Gasteiger partial charge in [0.15, 0.2) is 5.16 Å². The quantitative estimate of drug-likeness (QED) is 0.502. The normalized spacial score (nSPS) is 10.6. The first kappa shape index (κ1) is 17.3. The summed E-state index contributed by atoms with van der Waals surface area (Å²) in [5, 5.41) is 15.0. The van der Waals surface area contributed by atoms with Crippen LogP contribution >= 0.6 is 23.1 Å². The van der Waals surface area contributed by atoms with Crippen LogP contribution in [0.5, 0.6) is 0 Å². The molecule has 0 unspecified atom stereocenters. The van der Waals surface area contributed by atoms with Gasteiger partial charge in [0.1, 0.15) is 11.1 Å². The summed E-state index contributed by atoms with van der Waals surface area (Å²) < 4.78 is 2.05. The van der Waals surface area contributed by atoms with Crippen molar-refractivity contribution in [2.75, 3.05) is 11.1 Å². The smallest absolute Gasteiger partial charge is 0.235 e. The lowest BCUT2D eigenvalue weighted by molar-refractivity contribution is -0.113. The molecule has 0 aliphatic carbocycles. The molecule has 0 spiro atoms. The second kappa shape index (κ2) is 7.66. The zero-order valence-corrected chi connectivity index (χ0v) is 15.8. The van der Waals surface area contributed by atoms with Crippen LogP contribution in [0, 0.1) is 11.3 Å². The van der Waals surface area contributed by atoms with Crippen molar-refractivity contribution in [1.29, 1.82) is 5.26 Å². The van der Waals surface area contributed by atoms with E-state index in [9.17, 15) is 4.79 Å². The lowest BCUT2D eigenvalue weighted by Crippen LogP contribution is -2.14. The molecule has 0 saturated carbocycles. The second-order valence-electron chi connectivity index (χ2n) is 5.67. The Morgan fingerprint density at radius 2 is 1.93 bits per heavy atom. The number of imidazole rings is 1. The van der Waals surface area contributed by atoms with Gasteiger partial charge in [0.05, 0.1) is 22.3 Å². The Labute approximate surface area is 164 Å². The standard InChI is InChI=1S/C20H14N4OS2/c21-12-14-10-11-26-19(14)23-18(25)13-27-20-22-16-8-4-5-9-17(16)24(20)15-6-2-1-3-7-15/h1-11H,13H2,(H,23,25). The number of nitriles is 1. The van der Waals surface area contributed by atoms with E-state index in [0.717, 1.165) is 21.9 Å². The minimum atomic E-state index is -0.161. The summed E-state index contributed by atoms with van der Waals surface area (Å²) in [5.41, 5.74) is 3.36. The maximum absolute atomic E-state index is 12.3. The van der Waals surface area contributed by atoms with Crippen LogP contribution in [0.3, 0.4) is 0 Å². The van der Waals surface area contributed by atoms with E-state index >= 15 is 0 Å². The maximum Gasteiger partial charge on any atom is 0.235 e. The fourth-order valence-electron chi connectivity index (χ4n) is 2.71. The monoisotopic (exact) mass is 390 g/mol. The fourth-order valence-corrected chi connectivity index (χ4v) is 4.30. The van der Waals surface area contributed by atoms with Crippen molar-refractivity contribution in [1.82, 2.24) is 9.55 Å². The Kier molecular flexibility index (Phi) is 4.92. The van der Waals surface area contributed by atoms with Crippen molar-refractivity contribution < 1.29 is 4.79 Å². The molecule has 0 aliphatic rings. The number of carbonyl (C=O) groups excluding carboxylic acids is 1. The van der Waals surface area contributed by atoms with Crippen LogP contribution in [0.2, 0.25) is 0 Å². The van der Waals surface area contributed by atoms with Crippen LogP contribution in [-0.2, 0) is 4.79 Å². The number of thiophene rings is 1. The highest BCUT2D eigenvalue weighted by atomic mass is 32.2. The van der Waals surface area contributed by atoms with Gasteiger partial charge in [0, 0.05) is 5.69 Å². The van der Waals surface area contributed by atoms with Gasteiger partial charge in [-0.15, -0.1) is 11.3 Å². The molecule has 0 atom stereocenters. The third kappa shape index (κ3) is 3.58. The molecule has 0 fully saturated rings. The summed E-state index contributed by atoms with van der Waals surface area (Å²) in [4.78, 5) is 17.0. The van der Waals surface area contributed by atoms with Gasteiger partial charge in [-0.3, -0.25) is 9.36 Å². The number of aromatic nitrogens is 2. The molecule has 2 aromatic heterocycles. The summed E-state index contributed by atoms with van der Waals surface area (Å²) in [6, 6.07) is 21.6. The second-order valence-corrected chi connectivity index (χ2v) is 7.52. The summed E-state index contributed by atoms with van der Waals surface area (Å²) in [6.45, 7) is 0. The average molecular weight is 390 g/mol.